The van der Waals surface area contributed by atoms with Gasteiger partial charge in [0.1, 0.15) is 5.82 Å². The van der Waals surface area contributed by atoms with Gasteiger partial charge < -0.3 is 20.1 Å². The summed E-state index contributed by atoms with van der Waals surface area (Å²) in [6, 6.07) is 14.1. The van der Waals surface area contributed by atoms with Crippen molar-refractivity contribution in [3.63, 3.8) is 0 Å². The van der Waals surface area contributed by atoms with Crippen molar-refractivity contribution in [2.75, 3.05) is 0 Å². The number of aliphatic hydroxyl groups excluding tert-OH is 2. The number of rotatable bonds is 9. The molecule has 6 heteroatoms. The Morgan fingerprint density at radius 1 is 1.07 bits per heavy atom. The van der Waals surface area contributed by atoms with Crippen LogP contribution in [-0.2, 0) is 17.6 Å². The molecular formula is C21H22FKO4. The van der Waals surface area contributed by atoms with Crippen LogP contribution in [0.1, 0.15) is 29.5 Å². The molecule has 2 atom stereocenters. The van der Waals surface area contributed by atoms with Gasteiger partial charge in [0.2, 0.25) is 0 Å². The quantitative estimate of drug-likeness (QED) is 0.526. The summed E-state index contributed by atoms with van der Waals surface area (Å²) in [5, 5.41) is 29.9. The largest absolute Gasteiger partial charge is 1.00 e. The summed E-state index contributed by atoms with van der Waals surface area (Å²) in [5.74, 6) is -1.60. The third-order valence-corrected chi connectivity index (χ3v) is 4.07. The Morgan fingerprint density at radius 2 is 1.74 bits per heavy atom. The molecule has 0 aliphatic rings. The molecule has 138 valence electrons. The van der Waals surface area contributed by atoms with Gasteiger partial charge in [-0.3, -0.25) is 0 Å². The predicted molar refractivity (Wildman–Crippen MR) is 95.5 cm³/mol. The van der Waals surface area contributed by atoms with Gasteiger partial charge in [0, 0.05) is 18.8 Å². The van der Waals surface area contributed by atoms with Crippen molar-refractivity contribution in [1.82, 2.24) is 0 Å². The van der Waals surface area contributed by atoms with E-state index in [1.54, 1.807) is 18.2 Å². The molecule has 2 N–H and O–H groups in total. The summed E-state index contributed by atoms with van der Waals surface area (Å²) in [6.07, 6.45) is 2.16. The van der Waals surface area contributed by atoms with E-state index in [9.17, 15) is 24.5 Å². The summed E-state index contributed by atoms with van der Waals surface area (Å²) in [4.78, 5) is 10.4. The van der Waals surface area contributed by atoms with Crippen molar-refractivity contribution in [2.24, 2.45) is 0 Å². The summed E-state index contributed by atoms with van der Waals surface area (Å²) in [7, 11) is 0. The maximum absolute atomic E-state index is 13.0. The standard InChI is InChI=1S/C21H23FO4.K/c22-18-10-6-15(7-11-18)5-8-16-3-1-2-4-17(16)9-12-19(23)13-20(24)14-21(25)26;/h1-4,6-7,9-12,19-20,23-24H,5,8,13-14H2,(H,25,26);/q;+1/p-1/b12-9+;/t19-,20-;/m1./s1. The first-order valence-corrected chi connectivity index (χ1v) is 8.50. The minimum atomic E-state index is -1.35. The van der Waals surface area contributed by atoms with Crippen molar-refractivity contribution in [1.29, 1.82) is 0 Å². The summed E-state index contributed by atoms with van der Waals surface area (Å²) >= 11 is 0. The van der Waals surface area contributed by atoms with Crippen LogP contribution in [0.25, 0.3) is 6.08 Å². The zero-order chi connectivity index (χ0) is 18.9. The first-order chi connectivity index (χ1) is 12.4. The fourth-order valence-corrected chi connectivity index (χ4v) is 2.70. The van der Waals surface area contributed by atoms with E-state index in [0.717, 1.165) is 29.5 Å². The molecule has 2 aromatic rings. The molecule has 0 unspecified atom stereocenters. The van der Waals surface area contributed by atoms with E-state index in [-0.39, 0.29) is 63.6 Å². The number of benzene rings is 2. The number of aryl methyl sites for hydroxylation is 2. The second kappa shape index (κ2) is 12.6. The summed E-state index contributed by atoms with van der Waals surface area (Å²) in [5.41, 5.74) is 3.05. The molecule has 0 bridgehead atoms. The Bertz CT molecular complexity index is 746. The number of aliphatic hydroxyl groups is 2. The van der Waals surface area contributed by atoms with Gasteiger partial charge in [-0.15, -0.1) is 0 Å². The summed E-state index contributed by atoms with van der Waals surface area (Å²) in [6.45, 7) is 0. The van der Waals surface area contributed by atoms with E-state index in [1.807, 2.05) is 24.3 Å². The van der Waals surface area contributed by atoms with Crippen LogP contribution in [0.5, 0.6) is 0 Å². The van der Waals surface area contributed by atoms with Gasteiger partial charge in [-0.1, -0.05) is 48.6 Å². The van der Waals surface area contributed by atoms with Gasteiger partial charge in [0.15, 0.2) is 0 Å². The van der Waals surface area contributed by atoms with Gasteiger partial charge in [-0.25, -0.2) is 4.39 Å². The third-order valence-electron chi connectivity index (χ3n) is 4.07. The topological polar surface area (TPSA) is 80.6 Å². The fourth-order valence-electron chi connectivity index (χ4n) is 2.70. The zero-order valence-electron chi connectivity index (χ0n) is 15.3. The Hall–Kier alpha value is -0.864. The van der Waals surface area contributed by atoms with Crippen molar-refractivity contribution in [2.45, 2.75) is 37.9 Å². The normalized spacial score (nSPS) is 13.1. The average molecular weight is 396 g/mol. The van der Waals surface area contributed by atoms with Crippen LogP contribution in [0.3, 0.4) is 0 Å². The molecule has 0 aliphatic heterocycles. The number of carboxylic acid groups (broad SMARTS) is 1. The monoisotopic (exact) mass is 396 g/mol. The molecular weight excluding hydrogens is 374 g/mol. The van der Waals surface area contributed by atoms with Crippen LogP contribution in [0, 0.1) is 5.82 Å². The van der Waals surface area contributed by atoms with E-state index < -0.39 is 24.6 Å². The first-order valence-electron chi connectivity index (χ1n) is 8.50. The van der Waals surface area contributed by atoms with Crippen LogP contribution in [0.15, 0.2) is 54.6 Å². The molecule has 2 rings (SSSR count). The number of carbonyl (C=O) groups excluding carboxylic acids is 1. The second-order valence-corrected chi connectivity index (χ2v) is 6.22. The van der Waals surface area contributed by atoms with Gasteiger partial charge in [-0.2, -0.15) is 0 Å². The van der Waals surface area contributed by atoms with Crippen LogP contribution >= 0.6 is 0 Å². The van der Waals surface area contributed by atoms with E-state index in [1.165, 1.54) is 18.2 Å². The minimum absolute atomic E-state index is 0. The number of halogens is 1. The number of aliphatic carboxylic acids is 1. The molecule has 0 aliphatic carbocycles. The molecule has 2 aromatic carbocycles. The molecule has 0 aromatic heterocycles. The molecule has 0 heterocycles. The predicted octanol–water partition coefficient (Wildman–Crippen LogP) is -1.12. The van der Waals surface area contributed by atoms with Crippen molar-refractivity contribution in [3.8, 4) is 0 Å². The Balaban J connectivity index is 0.00000364. The molecule has 27 heavy (non-hydrogen) atoms. The van der Waals surface area contributed by atoms with E-state index in [0.29, 0.717) is 0 Å². The summed E-state index contributed by atoms with van der Waals surface area (Å²) < 4.78 is 13.0. The molecule has 0 radical (unpaired) electrons. The van der Waals surface area contributed by atoms with E-state index >= 15 is 0 Å². The average Bonchev–Trinajstić information content (AvgIpc) is 2.59. The zero-order valence-corrected chi connectivity index (χ0v) is 18.5. The van der Waals surface area contributed by atoms with Crippen molar-refractivity contribution >= 4 is 12.0 Å². The SMILES string of the molecule is O=C([O-])C[C@H](O)C[C@H](O)/C=C/c1ccccc1CCc1ccc(F)cc1.[K+]. The van der Waals surface area contributed by atoms with Crippen molar-refractivity contribution < 1.29 is 75.9 Å². The Labute approximate surface area is 201 Å². The van der Waals surface area contributed by atoms with Crippen LogP contribution < -0.4 is 56.5 Å². The number of hydrogen-bond donors (Lipinski definition) is 2. The second-order valence-electron chi connectivity index (χ2n) is 6.22. The Kier molecular flexibility index (Phi) is 11.3. The molecule has 0 amide bonds. The Morgan fingerprint density at radius 3 is 2.41 bits per heavy atom. The third kappa shape index (κ3) is 9.25. The number of carboxylic acids is 1. The molecule has 0 fully saturated rings. The molecule has 4 nitrogen and oxygen atoms in total. The maximum Gasteiger partial charge on any atom is 1.00 e. The number of hydrogen-bond acceptors (Lipinski definition) is 4. The molecule has 0 saturated heterocycles. The van der Waals surface area contributed by atoms with Crippen LogP contribution in [0.4, 0.5) is 4.39 Å². The van der Waals surface area contributed by atoms with Gasteiger partial charge in [0.25, 0.3) is 0 Å². The first kappa shape index (κ1) is 24.2. The molecule has 0 saturated carbocycles. The smallest absolute Gasteiger partial charge is 0.550 e. The van der Waals surface area contributed by atoms with Gasteiger partial charge in [0.05, 0.1) is 12.2 Å². The minimum Gasteiger partial charge on any atom is -0.550 e. The number of carbonyl (C=O) groups is 1. The van der Waals surface area contributed by atoms with Gasteiger partial charge in [-0.05, 0) is 41.7 Å². The van der Waals surface area contributed by atoms with Crippen LogP contribution in [0.2, 0.25) is 0 Å². The fraction of sp³-hybridized carbons (Fsp3) is 0.286. The maximum atomic E-state index is 13.0. The van der Waals surface area contributed by atoms with Crippen molar-refractivity contribution in [3.05, 3.63) is 77.1 Å². The molecule has 0 spiro atoms. The van der Waals surface area contributed by atoms with Crippen LogP contribution in [-0.4, -0.2) is 28.4 Å². The van der Waals surface area contributed by atoms with E-state index in [2.05, 4.69) is 0 Å². The van der Waals surface area contributed by atoms with Gasteiger partial charge >= 0.3 is 51.4 Å². The van der Waals surface area contributed by atoms with E-state index in [4.69, 9.17) is 0 Å².